The molecule has 6 heteroatoms. The van der Waals surface area contributed by atoms with E-state index in [0.717, 1.165) is 10.9 Å². The van der Waals surface area contributed by atoms with Crippen LogP contribution in [0.1, 0.15) is 21.5 Å². The Morgan fingerprint density at radius 1 is 0.929 bits per heavy atom. The minimum absolute atomic E-state index is 0.274. The summed E-state index contributed by atoms with van der Waals surface area (Å²) in [5.41, 5.74) is 4.17. The Hall–Kier alpha value is -3.80. The van der Waals surface area contributed by atoms with Crippen molar-refractivity contribution in [3.63, 3.8) is 0 Å². The van der Waals surface area contributed by atoms with Crippen molar-refractivity contribution in [3.05, 3.63) is 89.9 Å². The highest BCUT2D eigenvalue weighted by Crippen LogP contribution is 2.21. The summed E-state index contributed by atoms with van der Waals surface area (Å²) in [6.45, 7) is 2.69. The van der Waals surface area contributed by atoms with E-state index >= 15 is 0 Å². The van der Waals surface area contributed by atoms with Crippen LogP contribution in [-0.4, -0.2) is 20.9 Å². The van der Waals surface area contributed by atoms with E-state index in [1.807, 2.05) is 42.5 Å². The minimum atomic E-state index is -0.274. The first-order valence-electron chi connectivity index (χ1n) is 8.96. The van der Waals surface area contributed by atoms with Gasteiger partial charge < -0.3 is 10.6 Å². The number of rotatable bonds is 5. The van der Waals surface area contributed by atoms with Gasteiger partial charge in [0.1, 0.15) is 0 Å². The second-order valence-electron chi connectivity index (χ2n) is 6.41. The fraction of sp³-hybridized carbons (Fsp3) is 0.0909. The number of amides is 1. The predicted molar refractivity (Wildman–Crippen MR) is 110 cm³/mol. The standard InChI is InChI=1S/C22H19N5O/c1-15-6-2-3-7-17(15)12-24-22-25-13-18(14-26-22)21(28)27-19-10-4-8-16-9-5-11-23-20(16)19/h2-11,13-14H,12H2,1H3,(H,27,28)(H,24,25,26). The summed E-state index contributed by atoms with van der Waals surface area (Å²) >= 11 is 0. The fourth-order valence-corrected chi connectivity index (χ4v) is 2.92. The van der Waals surface area contributed by atoms with Crippen molar-refractivity contribution >= 4 is 28.4 Å². The van der Waals surface area contributed by atoms with E-state index in [4.69, 9.17) is 0 Å². The fourth-order valence-electron chi connectivity index (χ4n) is 2.92. The summed E-state index contributed by atoms with van der Waals surface area (Å²) in [6.07, 6.45) is 4.73. The van der Waals surface area contributed by atoms with Crippen LogP contribution >= 0.6 is 0 Å². The molecule has 0 saturated carbocycles. The number of hydrogen-bond acceptors (Lipinski definition) is 5. The molecule has 4 rings (SSSR count). The average Bonchev–Trinajstić information content (AvgIpc) is 2.74. The van der Waals surface area contributed by atoms with Crippen molar-refractivity contribution in [2.75, 3.05) is 10.6 Å². The number of pyridine rings is 1. The first-order valence-corrected chi connectivity index (χ1v) is 8.96. The van der Waals surface area contributed by atoms with Gasteiger partial charge in [-0.3, -0.25) is 9.78 Å². The zero-order chi connectivity index (χ0) is 19.3. The van der Waals surface area contributed by atoms with Crippen LogP contribution < -0.4 is 10.6 Å². The van der Waals surface area contributed by atoms with Crippen LogP contribution in [0.5, 0.6) is 0 Å². The second kappa shape index (κ2) is 7.84. The number of nitrogens with one attached hydrogen (secondary N) is 2. The topological polar surface area (TPSA) is 79.8 Å². The number of carbonyl (C=O) groups is 1. The molecule has 0 radical (unpaired) electrons. The highest BCUT2D eigenvalue weighted by atomic mass is 16.1. The first-order chi connectivity index (χ1) is 13.7. The molecule has 138 valence electrons. The summed E-state index contributed by atoms with van der Waals surface area (Å²) in [4.78, 5) is 25.4. The van der Waals surface area contributed by atoms with Crippen LogP contribution in [-0.2, 0) is 6.54 Å². The Labute approximate surface area is 162 Å². The molecule has 2 N–H and O–H groups in total. The van der Waals surface area contributed by atoms with E-state index in [1.165, 1.54) is 23.5 Å². The summed E-state index contributed by atoms with van der Waals surface area (Å²) in [7, 11) is 0. The van der Waals surface area contributed by atoms with Crippen LogP contribution in [0.3, 0.4) is 0 Å². The molecule has 28 heavy (non-hydrogen) atoms. The summed E-state index contributed by atoms with van der Waals surface area (Å²) < 4.78 is 0. The van der Waals surface area contributed by atoms with E-state index in [1.54, 1.807) is 6.20 Å². The Balaban J connectivity index is 1.44. The largest absolute Gasteiger partial charge is 0.350 e. The number of para-hydroxylation sites is 1. The van der Waals surface area contributed by atoms with E-state index < -0.39 is 0 Å². The van der Waals surface area contributed by atoms with Gasteiger partial charge in [0, 0.05) is 30.5 Å². The molecule has 0 aliphatic heterocycles. The molecule has 0 unspecified atom stereocenters. The van der Waals surface area contributed by atoms with E-state index in [0.29, 0.717) is 23.7 Å². The van der Waals surface area contributed by atoms with Crippen molar-refractivity contribution in [2.24, 2.45) is 0 Å². The highest BCUT2D eigenvalue weighted by Gasteiger charge is 2.10. The number of hydrogen-bond donors (Lipinski definition) is 2. The first kappa shape index (κ1) is 17.6. The van der Waals surface area contributed by atoms with Crippen molar-refractivity contribution in [1.29, 1.82) is 0 Å². The molecule has 0 aliphatic rings. The normalized spacial score (nSPS) is 10.6. The lowest BCUT2D eigenvalue weighted by atomic mass is 10.1. The number of carbonyl (C=O) groups excluding carboxylic acids is 1. The Kier molecular flexibility index (Phi) is 4.93. The monoisotopic (exact) mass is 369 g/mol. The molecule has 4 aromatic rings. The summed E-state index contributed by atoms with van der Waals surface area (Å²) in [5, 5.41) is 7.03. The molecule has 6 nitrogen and oxygen atoms in total. The number of benzene rings is 2. The SMILES string of the molecule is Cc1ccccc1CNc1ncc(C(=O)Nc2cccc3cccnc23)cn1. The predicted octanol–water partition coefficient (Wildman–Crippen LogP) is 4.20. The van der Waals surface area contributed by atoms with Crippen molar-refractivity contribution in [3.8, 4) is 0 Å². The molecule has 2 aromatic carbocycles. The smallest absolute Gasteiger partial charge is 0.258 e. The molecular formula is C22H19N5O. The van der Waals surface area contributed by atoms with Gasteiger partial charge in [-0.15, -0.1) is 0 Å². The van der Waals surface area contributed by atoms with Crippen molar-refractivity contribution in [1.82, 2.24) is 15.0 Å². The number of fused-ring (bicyclic) bond motifs is 1. The van der Waals surface area contributed by atoms with E-state index in [-0.39, 0.29) is 5.91 Å². The van der Waals surface area contributed by atoms with E-state index in [9.17, 15) is 4.79 Å². The van der Waals surface area contributed by atoms with Gasteiger partial charge in [0.25, 0.3) is 5.91 Å². The molecule has 1 amide bonds. The van der Waals surface area contributed by atoms with Gasteiger partial charge in [0.15, 0.2) is 0 Å². The zero-order valence-corrected chi connectivity index (χ0v) is 15.4. The van der Waals surface area contributed by atoms with Gasteiger partial charge in [-0.2, -0.15) is 0 Å². The highest BCUT2D eigenvalue weighted by molar-refractivity contribution is 6.08. The Bertz CT molecular complexity index is 1120. The molecule has 0 saturated heterocycles. The third kappa shape index (κ3) is 3.81. The van der Waals surface area contributed by atoms with Crippen LogP contribution in [0.25, 0.3) is 10.9 Å². The molecule has 0 spiro atoms. The molecule has 0 atom stereocenters. The van der Waals surface area contributed by atoms with Gasteiger partial charge in [-0.05, 0) is 30.2 Å². The molecule has 0 aliphatic carbocycles. The van der Waals surface area contributed by atoms with Crippen molar-refractivity contribution in [2.45, 2.75) is 13.5 Å². The number of nitrogens with zero attached hydrogens (tertiary/aromatic N) is 3. The second-order valence-corrected chi connectivity index (χ2v) is 6.41. The molecule has 2 aromatic heterocycles. The van der Waals surface area contributed by atoms with Gasteiger partial charge in [-0.25, -0.2) is 9.97 Å². The van der Waals surface area contributed by atoms with Crippen LogP contribution in [0.4, 0.5) is 11.6 Å². The molecular weight excluding hydrogens is 350 g/mol. The average molecular weight is 369 g/mol. The number of aromatic nitrogens is 3. The van der Waals surface area contributed by atoms with Crippen LogP contribution in [0, 0.1) is 6.92 Å². The van der Waals surface area contributed by atoms with Gasteiger partial charge in [0.2, 0.25) is 5.95 Å². The zero-order valence-electron chi connectivity index (χ0n) is 15.4. The van der Waals surface area contributed by atoms with Gasteiger partial charge in [0.05, 0.1) is 16.8 Å². The molecule has 2 heterocycles. The molecule has 0 fully saturated rings. The third-order valence-corrected chi connectivity index (χ3v) is 4.49. The molecule has 0 bridgehead atoms. The Morgan fingerprint density at radius 3 is 2.54 bits per heavy atom. The van der Waals surface area contributed by atoms with E-state index in [2.05, 4.69) is 44.6 Å². The Morgan fingerprint density at radius 2 is 1.71 bits per heavy atom. The van der Waals surface area contributed by atoms with Gasteiger partial charge >= 0.3 is 0 Å². The maximum absolute atomic E-state index is 12.6. The van der Waals surface area contributed by atoms with Crippen molar-refractivity contribution < 1.29 is 4.79 Å². The lowest BCUT2D eigenvalue weighted by molar-refractivity contribution is 0.102. The quantitative estimate of drug-likeness (QED) is 0.551. The van der Waals surface area contributed by atoms with Gasteiger partial charge in [-0.1, -0.05) is 42.5 Å². The summed E-state index contributed by atoms with van der Waals surface area (Å²) in [6, 6.07) is 17.6. The minimum Gasteiger partial charge on any atom is -0.350 e. The number of aryl methyl sites for hydroxylation is 1. The summed E-state index contributed by atoms with van der Waals surface area (Å²) in [5.74, 6) is 0.204. The lowest BCUT2D eigenvalue weighted by Crippen LogP contribution is -2.14. The third-order valence-electron chi connectivity index (χ3n) is 4.49. The van der Waals surface area contributed by atoms with Crippen LogP contribution in [0.2, 0.25) is 0 Å². The maximum atomic E-state index is 12.6. The lowest BCUT2D eigenvalue weighted by Gasteiger charge is -2.09. The van der Waals surface area contributed by atoms with Crippen LogP contribution in [0.15, 0.2) is 73.2 Å². The maximum Gasteiger partial charge on any atom is 0.258 e. The number of anilines is 2.